The highest BCUT2D eigenvalue weighted by Crippen LogP contribution is 2.34. The molecule has 0 heterocycles. The average Bonchev–Trinajstić information content (AvgIpc) is 2.44. The molecule has 0 N–H and O–H groups in total. The van der Waals surface area contributed by atoms with Gasteiger partial charge in [0.2, 0.25) is 0 Å². The number of alkyl halides is 2. The summed E-state index contributed by atoms with van der Waals surface area (Å²) in [6.45, 7) is 4.35. The molecule has 0 aliphatic heterocycles. The lowest BCUT2D eigenvalue weighted by atomic mass is 9.86. The summed E-state index contributed by atoms with van der Waals surface area (Å²) in [4.78, 5) is 0. The quantitative estimate of drug-likeness (QED) is 0.647. The van der Waals surface area contributed by atoms with E-state index in [0.717, 1.165) is 0 Å². The zero-order chi connectivity index (χ0) is 13.1. The van der Waals surface area contributed by atoms with Gasteiger partial charge in [0.25, 0.3) is 0 Å². The summed E-state index contributed by atoms with van der Waals surface area (Å²) >= 11 is 12.1. The average molecular weight is 281 g/mol. The highest BCUT2D eigenvalue weighted by Gasteiger charge is 2.17. The Morgan fingerprint density at radius 2 is 1.56 bits per heavy atom. The molecule has 0 amide bonds. The molecule has 2 heteroatoms. The van der Waals surface area contributed by atoms with Gasteiger partial charge in [-0.3, -0.25) is 0 Å². The number of benzene rings is 2. The van der Waals surface area contributed by atoms with Gasteiger partial charge >= 0.3 is 0 Å². The number of hydrogen-bond donors (Lipinski definition) is 0. The maximum Gasteiger partial charge on any atom is 0.0289 e. The Morgan fingerprint density at radius 1 is 0.889 bits per heavy atom. The van der Waals surface area contributed by atoms with Crippen LogP contribution in [0.2, 0.25) is 0 Å². The lowest BCUT2D eigenvalue weighted by Crippen LogP contribution is -2.06. The summed E-state index contributed by atoms with van der Waals surface area (Å²) in [7, 11) is 0. The van der Waals surface area contributed by atoms with Crippen LogP contribution in [0.15, 0.2) is 36.4 Å². The van der Waals surface area contributed by atoms with Crippen molar-refractivity contribution in [2.45, 2.75) is 25.7 Å². The van der Waals surface area contributed by atoms with E-state index in [1.165, 1.54) is 21.9 Å². The van der Waals surface area contributed by atoms with Crippen LogP contribution in [0.3, 0.4) is 0 Å². The highest BCUT2D eigenvalue weighted by molar-refractivity contribution is 6.19. The van der Waals surface area contributed by atoms with Crippen LogP contribution in [0.5, 0.6) is 0 Å². The van der Waals surface area contributed by atoms with Gasteiger partial charge in [-0.1, -0.05) is 50.2 Å². The maximum atomic E-state index is 6.07. The second-order valence-corrected chi connectivity index (χ2v) is 5.52. The number of hydrogen-bond acceptors (Lipinski definition) is 0. The van der Waals surface area contributed by atoms with E-state index in [-0.39, 0.29) is 0 Å². The minimum atomic E-state index is 0.346. The normalized spacial score (nSPS) is 14.7. The zero-order valence-electron chi connectivity index (χ0n) is 10.8. The summed E-state index contributed by atoms with van der Waals surface area (Å²) < 4.78 is 0. The fourth-order valence-corrected chi connectivity index (χ4v) is 2.77. The van der Waals surface area contributed by atoms with E-state index in [9.17, 15) is 0 Å². The molecule has 0 fully saturated rings. The van der Waals surface area contributed by atoms with Crippen LogP contribution in [0.1, 0.15) is 36.8 Å². The van der Waals surface area contributed by atoms with Crippen LogP contribution in [0.25, 0.3) is 10.8 Å². The Labute approximate surface area is 119 Å². The second-order valence-electron chi connectivity index (χ2n) is 4.90. The monoisotopic (exact) mass is 280 g/mol. The van der Waals surface area contributed by atoms with Gasteiger partial charge < -0.3 is 0 Å². The molecule has 0 saturated heterocycles. The lowest BCUT2D eigenvalue weighted by molar-refractivity contribution is 0.806. The third kappa shape index (κ3) is 2.50. The van der Waals surface area contributed by atoms with E-state index in [1.807, 2.05) is 0 Å². The molecular weight excluding hydrogens is 263 g/mol. The van der Waals surface area contributed by atoms with Gasteiger partial charge in [-0.15, -0.1) is 23.2 Å². The van der Waals surface area contributed by atoms with Crippen molar-refractivity contribution in [3.05, 3.63) is 47.5 Å². The predicted octanol–water partition coefficient (Wildman–Crippen LogP) is 5.52. The fourth-order valence-electron chi connectivity index (χ4n) is 2.45. The third-order valence-electron chi connectivity index (χ3n) is 3.49. The van der Waals surface area contributed by atoms with Crippen molar-refractivity contribution >= 4 is 34.0 Å². The third-order valence-corrected chi connectivity index (χ3v) is 4.42. The van der Waals surface area contributed by atoms with Gasteiger partial charge in [0, 0.05) is 11.8 Å². The van der Waals surface area contributed by atoms with Crippen LogP contribution in [0.4, 0.5) is 0 Å². The van der Waals surface area contributed by atoms with Crippen LogP contribution in [-0.2, 0) is 0 Å². The predicted molar refractivity (Wildman–Crippen MR) is 82.2 cm³/mol. The lowest BCUT2D eigenvalue weighted by Gasteiger charge is -2.20. The first-order chi connectivity index (χ1) is 8.69. The van der Waals surface area contributed by atoms with Crippen molar-refractivity contribution < 1.29 is 0 Å². The van der Waals surface area contributed by atoms with Gasteiger partial charge in [-0.2, -0.15) is 0 Å². The van der Waals surface area contributed by atoms with Crippen LogP contribution >= 0.6 is 23.2 Å². The van der Waals surface area contributed by atoms with E-state index < -0.39 is 0 Å². The van der Waals surface area contributed by atoms with Gasteiger partial charge in [-0.25, -0.2) is 0 Å². The van der Waals surface area contributed by atoms with Gasteiger partial charge in [-0.05, 0) is 33.7 Å². The van der Waals surface area contributed by atoms with Crippen molar-refractivity contribution in [3.63, 3.8) is 0 Å². The first-order valence-electron chi connectivity index (χ1n) is 6.32. The Balaban J connectivity index is 2.70. The fraction of sp³-hybridized carbons (Fsp3) is 0.375. The zero-order valence-corrected chi connectivity index (χ0v) is 12.3. The van der Waals surface area contributed by atoms with Crippen LogP contribution < -0.4 is 0 Å². The molecule has 0 aliphatic carbocycles. The molecule has 0 aromatic heterocycles. The molecule has 0 bridgehead atoms. The molecule has 2 aromatic rings. The van der Waals surface area contributed by atoms with Crippen LogP contribution in [0, 0.1) is 0 Å². The molecule has 2 rings (SSSR count). The maximum absolute atomic E-state index is 6.07. The van der Waals surface area contributed by atoms with E-state index in [2.05, 4.69) is 50.2 Å². The van der Waals surface area contributed by atoms with Crippen molar-refractivity contribution in [1.82, 2.24) is 0 Å². The van der Waals surface area contributed by atoms with Crippen molar-refractivity contribution in [2.24, 2.45) is 0 Å². The molecule has 2 unspecified atom stereocenters. The molecule has 18 heavy (non-hydrogen) atoms. The van der Waals surface area contributed by atoms with Crippen molar-refractivity contribution in [3.8, 4) is 0 Å². The first kappa shape index (κ1) is 13.7. The summed E-state index contributed by atoms with van der Waals surface area (Å²) in [5, 5.41) is 2.58. The largest absolute Gasteiger partial charge is 0.126 e. The van der Waals surface area contributed by atoms with E-state index in [4.69, 9.17) is 23.2 Å². The van der Waals surface area contributed by atoms with E-state index in [0.29, 0.717) is 23.6 Å². The topological polar surface area (TPSA) is 0 Å². The Kier molecular flexibility index (Phi) is 4.53. The Bertz CT molecular complexity index is 534. The summed E-state index contributed by atoms with van der Waals surface area (Å²) in [6, 6.07) is 12.9. The smallest absolute Gasteiger partial charge is 0.0289 e. The summed E-state index contributed by atoms with van der Waals surface area (Å²) in [5.74, 6) is 1.98. The SMILES string of the molecule is CC(CCl)c1ccc2ccccc2c1C(C)CCl. The van der Waals surface area contributed by atoms with Gasteiger partial charge in [0.15, 0.2) is 0 Å². The number of fused-ring (bicyclic) bond motifs is 1. The minimum Gasteiger partial charge on any atom is -0.126 e. The molecule has 0 spiro atoms. The second kappa shape index (κ2) is 5.95. The van der Waals surface area contributed by atoms with Crippen molar-refractivity contribution in [1.29, 1.82) is 0 Å². The molecule has 0 nitrogen and oxygen atoms in total. The van der Waals surface area contributed by atoms with Crippen LogP contribution in [-0.4, -0.2) is 11.8 Å². The molecular formula is C16H18Cl2. The van der Waals surface area contributed by atoms with Gasteiger partial charge in [0.1, 0.15) is 0 Å². The first-order valence-corrected chi connectivity index (χ1v) is 7.39. The molecule has 0 aliphatic rings. The van der Waals surface area contributed by atoms with E-state index >= 15 is 0 Å². The molecule has 2 atom stereocenters. The standard InChI is InChI=1S/C16H18Cl2/c1-11(9-17)14-8-7-13-5-3-4-6-15(13)16(14)12(2)10-18/h3-8,11-12H,9-10H2,1-2H3. The molecule has 2 aromatic carbocycles. The Hall–Kier alpha value is -0.720. The van der Waals surface area contributed by atoms with E-state index in [1.54, 1.807) is 0 Å². The summed E-state index contributed by atoms with van der Waals surface area (Å²) in [5.41, 5.74) is 2.69. The molecule has 0 saturated carbocycles. The number of halogens is 2. The summed E-state index contributed by atoms with van der Waals surface area (Å²) in [6.07, 6.45) is 0. The molecule has 0 radical (unpaired) electrons. The van der Waals surface area contributed by atoms with Gasteiger partial charge in [0.05, 0.1) is 0 Å². The van der Waals surface area contributed by atoms with Crippen molar-refractivity contribution in [2.75, 3.05) is 11.8 Å². The number of rotatable bonds is 4. The Morgan fingerprint density at radius 3 is 2.22 bits per heavy atom. The highest BCUT2D eigenvalue weighted by atomic mass is 35.5. The molecule has 96 valence electrons. The minimum absolute atomic E-state index is 0.346.